The number of nitrogens with one attached hydrogen (secondary N) is 1. The molecule has 2 rings (SSSR count). The second kappa shape index (κ2) is 6.68. The number of hydrogen-bond acceptors (Lipinski definition) is 3. The van der Waals surface area contributed by atoms with E-state index in [4.69, 9.17) is 0 Å². The second-order valence-corrected chi connectivity index (χ2v) is 5.96. The van der Waals surface area contributed by atoms with E-state index in [-0.39, 0.29) is 5.54 Å². The maximum Gasteiger partial charge on any atom is 0.0519 e. The summed E-state index contributed by atoms with van der Waals surface area (Å²) >= 11 is 0. The average molecular weight is 275 g/mol. The van der Waals surface area contributed by atoms with Crippen molar-refractivity contribution < 1.29 is 0 Å². The lowest BCUT2D eigenvalue weighted by molar-refractivity contribution is 0.0646. The zero-order valence-electron chi connectivity index (χ0n) is 13.4. The maximum absolute atomic E-state index is 4.50. The topological polar surface area (TPSA) is 28.2 Å². The third-order valence-electron chi connectivity index (χ3n) is 5.05. The summed E-state index contributed by atoms with van der Waals surface area (Å²) in [4.78, 5) is 7.20. The standard InChI is InChI=1S/C17H29N3/c1-5-17(6-2,20-11-7-8-12-20)16(18-4)15-10-9-14(3)19-13-15/h9-10,13,16,18H,5-8,11-12H2,1-4H3. The van der Waals surface area contributed by atoms with Gasteiger partial charge < -0.3 is 5.32 Å². The van der Waals surface area contributed by atoms with Gasteiger partial charge in [-0.15, -0.1) is 0 Å². The molecule has 20 heavy (non-hydrogen) atoms. The number of nitrogens with zero attached hydrogens (tertiary/aromatic N) is 2. The molecule has 0 spiro atoms. The van der Waals surface area contributed by atoms with Gasteiger partial charge in [-0.05, 0) is 64.4 Å². The minimum absolute atomic E-state index is 0.211. The Morgan fingerprint density at radius 2 is 1.90 bits per heavy atom. The molecule has 3 heteroatoms. The molecular formula is C17H29N3. The third kappa shape index (κ3) is 2.75. The first-order chi connectivity index (χ1) is 9.67. The van der Waals surface area contributed by atoms with Crippen LogP contribution in [0.15, 0.2) is 18.3 Å². The summed E-state index contributed by atoms with van der Waals surface area (Å²) in [5.41, 5.74) is 2.61. The molecule has 1 N–H and O–H groups in total. The van der Waals surface area contributed by atoms with Gasteiger partial charge in [0.1, 0.15) is 0 Å². The molecule has 0 radical (unpaired) electrons. The SMILES string of the molecule is CCC(CC)(C(NC)c1ccc(C)nc1)N1CCCC1. The number of aromatic nitrogens is 1. The number of rotatable bonds is 6. The zero-order chi connectivity index (χ0) is 14.6. The molecule has 112 valence electrons. The molecule has 1 unspecified atom stereocenters. The van der Waals surface area contributed by atoms with Crippen LogP contribution in [-0.4, -0.2) is 35.6 Å². The molecule has 2 heterocycles. The molecule has 1 fully saturated rings. The Morgan fingerprint density at radius 1 is 1.25 bits per heavy atom. The van der Waals surface area contributed by atoms with E-state index in [9.17, 15) is 0 Å². The van der Waals surface area contributed by atoms with Gasteiger partial charge in [-0.25, -0.2) is 0 Å². The minimum Gasteiger partial charge on any atom is -0.311 e. The predicted octanol–water partition coefficient (Wildman–Crippen LogP) is 3.31. The van der Waals surface area contributed by atoms with E-state index in [0.29, 0.717) is 6.04 Å². The largest absolute Gasteiger partial charge is 0.311 e. The lowest BCUT2D eigenvalue weighted by Gasteiger charge is -2.47. The highest BCUT2D eigenvalue weighted by atomic mass is 15.2. The molecule has 1 aliphatic rings. The van der Waals surface area contributed by atoms with E-state index in [1.807, 2.05) is 13.1 Å². The van der Waals surface area contributed by atoms with Gasteiger partial charge in [0.05, 0.1) is 6.04 Å². The number of aryl methyl sites for hydroxylation is 1. The fraction of sp³-hybridized carbons (Fsp3) is 0.706. The highest BCUT2D eigenvalue weighted by Gasteiger charge is 2.42. The van der Waals surface area contributed by atoms with Gasteiger partial charge in [0.2, 0.25) is 0 Å². The highest BCUT2D eigenvalue weighted by Crippen LogP contribution is 2.39. The average Bonchev–Trinajstić information content (AvgIpc) is 3.01. The number of likely N-dealkylation sites (N-methyl/N-ethyl adjacent to an activating group) is 1. The summed E-state index contributed by atoms with van der Waals surface area (Å²) in [5.74, 6) is 0. The Balaban J connectivity index is 2.35. The number of hydrogen-bond donors (Lipinski definition) is 1. The van der Waals surface area contributed by atoms with Crippen LogP contribution in [0.1, 0.15) is 56.8 Å². The smallest absolute Gasteiger partial charge is 0.0519 e. The van der Waals surface area contributed by atoms with Crippen molar-refractivity contribution in [1.29, 1.82) is 0 Å². The first-order valence-electron chi connectivity index (χ1n) is 8.02. The Morgan fingerprint density at radius 3 is 2.35 bits per heavy atom. The molecule has 1 aliphatic heterocycles. The van der Waals surface area contributed by atoms with E-state index in [1.54, 1.807) is 0 Å². The first-order valence-corrected chi connectivity index (χ1v) is 8.02. The molecule has 3 nitrogen and oxygen atoms in total. The third-order valence-corrected chi connectivity index (χ3v) is 5.05. The Hall–Kier alpha value is -0.930. The van der Waals surface area contributed by atoms with Crippen molar-refractivity contribution in [3.63, 3.8) is 0 Å². The van der Waals surface area contributed by atoms with Gasteiger partial charge >= 0.3 is 0 Å². The summed E-state index contributed by atoms with van der Waals surface area (Å²) in [7, 11) is 2.08. The second-order valence-electron chi connectivity index (χ2n) is 5.96. The fourth-order valence-electron chi connectivity index (χ4n) is 3.85. The number of likely N-dealkylation sites (tertiary alicyclic amines) is 1. The normalized spacial score (nSPS) is 18.4. The lowest BCUT2D eigenvalue weighted by atomic mass is 9.79. The van der Waals surface area contributed by atoms with Crippen molar-refractivity contribution >= 4 is 0 Å². The van der Waals surface area contributed by atoms with E-state index in [2.05, 4.69) is 48.2 Å². The summed E-state index contributed by atoms with van der Waals surface area (Å²) in [6.07, 6.45) is 7.06. The highest BCUT2D eigenvalue weighted by molar-refractivity contribution is 5.22. The van der Waals surface area contributed by atoms with Crippen LogP contribution in [0, 0.1) is 6.92 Å². The van der Waals surface area contributed by atoms with Crippen LogP contribution < -0.4 is 5.32 Å². The van der Waals surface area contributed by atoms with Crippen molar-refractivity contribution in [2.45, 2.75) is 58.0 Å². The van der Waals surface area contributed by atoms with E-state index >= 15 is 0 Å². The summed E-state index contributed by atoms with van der Waals surface area (Å²) in [6, 6.07) is 4.71. The van der Waals surface area contributed by atoms with E-state index in [1.165, 1.54) is 44.3 Å². The van der Waals surface area contributed by atoms with Crippen LogP contribution in [0.5, 0.6) is 0 Å². The first kappa shape index (κ1) is 15.5. The van der Waals surface area contributed by atoms with Gasteiger partial charge in [-0.3, -0.25) is 9.88 Å². The molecule has 0 aliphatic carbocycles. The fourth-order valence-corrected chi connectivity index (χ4v) is 3.85. The Labute approximate surface area is 123 Å². The van der Waals surface area contributed by atoms with Gasteiger partial charge in [-0.1, -0.05) is 19.9 Å². The molecule has 1 aromatic heterocycles. The van der Waals surface area contributed by atoms with Crippen molar-refractivity contribution in [2.24, 2.45) is 0 Å². The van der Waals surface area contributed by atoms with Crippen LogP contribution in [-0.2, 0) is 0 Å². The number of pyridine rings is 1. The minimum atomic E-state index is 0.211. The molecule has 0 bridgehead atoms. The van der Waals surface area contributed by atoms with Crippen molar-refractivity contribution in [2.75, 3.05) is 20.1 Å². The predicted molar refractivity (Wildman–Crippen MR) is 84.9 cm³/mol. The quantitative estimate of drug-likeness (QED) is 0.863. The van der Waals surface area contributed by atoms with Gasteiger partial charge in [0.25, 0.3) is 0 Å². The molecule has 0 aromatic carbocycles. The van der Waals surface area contributed by atoms with E-state index in [0.717, 1.165) is 5.69 Å². The molecule has 0 saturated carbocycles. The summed E-state index contributed by atoms with van der Waals surface area (Å²) in [6.45, 7) is 9.17. The van der Waals surface area contributed by atoms with Crippen LogP contribution in [0.3, 0.4) is 0 Å². The molecule has 1 atom stereocenters. The maximum atomic E-state index is 4.50. The van der Waals surface area contributed by atoms with Crippen LogP contribution in [0.4, 0.5) is 0 Å². The monoisotopic (exact) mass is 275 g/mol. The van der Waals surface area contributed by atoms with Gasteiger partial charge in [0, 0.05) is 17.4 Å². The summed E-state index contributed by atoms with van der Waals surface area (Å²) in [5, 5.41) is 3.58. The van der Waals surface area contributed by atoms with Crippen molar-refractivity contribution in [3.8, 4) is 0 Å². The van der Waals surface area contributed by atoms with E-state index < -0.39 is 0 Å². The van der Waals surface area contributed by atoms with Crippen molar-refractivity contribution in [3.05, 3.63) is 29.6 Å². The molecular weight excluding hydrogens is 246 g/mol. The van der Waals surface area contributed by atoms with Crippen LogP contribution in [0.25, 0.3) is 0 Å². The van der Waals surface area contributed by atoms with Crippen LogP contribution >= 0.6 is 0 Å². The Kier molecular flexibility index (Phi) is 5.17. The molecule has 1 aromatic rings. The molecule has 1 saturated heterocycles. The summed E-state index contributed by atoms with van der Waals surface area (Å²) < 4.78 is 0. The lowest BCUT2D eigenvalue weighted by Crippen LogP contribution is -2.54. The van der Waals surface area contributed by atoms with Gasteiger partial charge in [-0.2, -0.15) is 0 Å². The molecule has 0 amide bonds. The van der Waals surface area contributed by atoms with Crippen molar-refractivity contribution in [1.82, 2.24) is 15.2 Å². The zero-order valence-corrected chi connectivity index (χ0v) is 13.4. The van der Waals surface area contributed by atoms with Gasteiger partial charge in [0.15, 0.2) is 0 Å². The Bertz CT molecular complexity index is 403. The van der Waals surface area contributed by atoms with Crippen LogP contribution in [0.2, 0.25) is 0 Å².